The fourth-order valence-electron chi connectivity index (χ4n) is 3.03. The van der Waals surface area contributed by atoms with Crippen LogP contribution in [0, 0.1) is 6.92 Å². The van der Waals surface area contributed by atoms with Crippen LogP contribution in [0.25, 0.3) is 11.5 Å². The van der Waals surface area contributed by atoms with E-state index in [1.165, 1.54) is 37.7 Å². The van der Waals surface area contributed by atoms with E-state index < -0.39 is 0 Å². The van der Waals surface area contributed by atoms with Crippen LogP contribution in [0.3, 0.4) is 0 Å². The zero-order valence-corrected chi connectivity index (χ0v) is 17.2. The first-order chi connectivity index (χ1) is 11.7. The van der Waals surface area contributed by atoms with Crippen molar-refractivity contribution in [3.63, 3.8) is 0 Å². The van der Waals surface area contributed by atoms with Crippen LogP contribution in [-0.4, -0.2) is 24.0 Å². The summed E-state index contributed by atoms with van der Waals surface area (Å²) in [4.78, 5) is 8.86. The van der Waals surface area contributed by atoms with Gasteiger partial charge < -0.3 is 15.1 Å². The van der Waals surface area contributed by atoms with Gasteiger partial charge in [-0.15, -0.1) is 24.0 Å². The van der Waals surface area contributed by atoms with E-state index in [1.54, 1.807) is 13.3 Å². The molecule has 25 heavy (non-hydrogen) atoms. The summed E-state index contributed by atoms with van der Waals surface area (Å²) in [5, 5.41) is 6.82. The predicted octanol–water partition coefficient (Wildman–Crippen LogP) is 4.27. The maximum absolute atomic E-state index is 5.60. The Hall–Kier alpha value is -1.57. The molecule has 136 valence electrons. The highest BCUT2D eigenvalue weighted by molar-refractivity contribution is 14.0. The van der Waals surface area contributed by atoms with E-state index in [1.807, 2.05) is 12.1 Å². The molecule has 2 N–H and O–H groups in total. The van der Waals surface area contributed by atoms with Crippen LogP contribution < -0.4 is 10.6 Å². The van der Waals surface area contributed by atoms with Crippen molar-refractivity contribution in [1.82, 2.24) is 15.6 Å². The highest BCUT2D eigenvalue weighted by Gasteiger charge is 2.14. The number of oxazole rings is 1. The Balaban J connectivity index is 0.00000225. The Morgan fingerprint density at radius 2 is 1.92 bits per heavy atom. The van der Waals surface area contributed by atoms with Gasteiger partial charge in [0, 0.05) is 18.7 Å². The van der Waals surface area contributed by atoms with Gasteiger partial charge in [0.1, 0.15) is 6.26 Å². The Kier molecular flexibility index (Phi) is 7.74. The molecule has 1 heterocycles. The summed E-state index contributed by atoms with van der Waals surface area (Å²) in [6.45, 7) is 2.67. The number of halogens is 1. The number of nitrogens with zero attached hydrogens (tertiary/aromatic N) is 2. The van der Waals surface area contributed by atoms with Crippen LogP contribution in [0.1, 0.15) is 43.4 Å². The number of hydrogen-bond donors (Lipinski definition) is 2. The second kappa shape index (κ2) is 9.79. The molecule has 1 fully saturated rings. The lowest BCUT2D eigenvalue weighted by Gasteiger charge is -2.24. The minimum atomic E-state index is 0. The summed E-state index contributed by atoms with van der Waals surface area (Å²) >= 11 is 0. The first-order valence-electron chi connectivity index (χ1n) is 8.73. The number of hydrogen-bond acceptors (Lipinski definition) is 3. The van der Waals surface area contributed by atoms with Crippen LogP contribution in [-0.2, 0) is 6.54 Å². The van der Waals surface area contributed by atoms with Gasteiger partial charge >= 0.3 is 0 Å². The average Bonchev–Trinajstić information content (AvgIpc) is 3.09. The van der Waals surface area contributed by atoms with E-state index in [9.17, 15) is 0 Å². The molecule has 1 saturated carbocycles. The standard InChI is InChI=1S/C19H26N4O.HI/c1-14-8-10-15(11-9-14)18-22-17(13-24-18)12-21-19(20-2)23-16-6-4-3-5-7-16;/h8-11,13,16H,3-7,12H2,1-2H3,(H2,20,21,23);1H. The van der Waals surface area contributed by atoms with Gasteiger partial charge in [0.05, 0.1) is 12.2 Å². The second-order valence-electron chi connectivity index (χ2n) is 6.42. The molecule has 3 rings (SSSR count). The van der Waals surface area contributed by atoms with Crippen LogP contribution in [0.5, 0.6) is 0 Å². The summed E-state index contributed by atoms with van der Waals surface area (Å²) in [5.74, 6) is 1.49. The molecule has 2 aromatic rings. The summed E-state index contributed by atoms with van der Waals surface area (Å²) in [6.07, 6.45) is 8.11. The van der Waals surface area contributed by atoms with Gasteiger partial charge in [0.15, 0.2) is 5.96 Å². The first-order valence-corrected chi connectivity index (χ1v) is 8.73. The predicted molar refractivity (Wildman–Crippen MR) is 112 cm³/mol. The number of rotatable bonds is 4. The molecule has 0 amide bonds. The lowest BCUT2D eigenvalue weighted by molar-refractivity contribution is 0.410. The number of nitrogens with one attached hydrogen (secondary N) is 2. The molecule has 0 unspecified atom stereocenters. The van der Waals surface area contributed by atoms with Crippen LogP contribution in [0.2, 0.25) is 0 Å². The lowest BCUT2D eigenvalue weighted by atomic mass is 9.96. The fraction of sp³-hybridized carbons (Fsp3) is 0.474. The topological polar surface area (TPSA) is 62.5 Å². The highest BCUT2D eigenvalue weighted by Crippen LogP contribution is 2.19. The monoisotopic (exact) mass is 454 g/mol. The summed E-state index contributed by atoms with van der Waals surface area (Å²) < 4.78 is 5.60. The average molecular weight is 454 g/mol. The van der Waals surface area contributed by atoms with Gasteiger partial charge in [-0.1, -0.05) is 37.0 Å². The first kappa shape index (κ1) is 19.8. The number of aromatic nitrogens is 1. The molecule has 1 aromatic heterocycles. The van der Waals surface area contributed by atoms with E-state index in [4.69, 9.17) is 4.42 Å². The minimum absolute atomic E-state index is 0. The highest BCUT2D eigenvalue weighted by atomic mass is 127. The van der Waals surface area contributed by atoms with E-state index in [2.05, 4.69) is 39.7 Å². The second-order valence-corrected chi connectivity index (χ2v) is 6.42. The Morgan fingerprint density at radius 3 is 2.60 bits per heavy atom. The molecule has 6 heteroatoms. The SMILES string of the molecule is CN=C(NCc1coc(-c2ccc(C)cc2)n1)NC1CCCCC1.I. The largest absolute Gasteiger partial charge is 0.444 e. The number of aryl methyl sites for hydroxylation is 1. The molecular formula is C19H27IN4O. The van der Waals surface area contributed by atoms with Gasteiger partial charge in [-0.3, -0.25) is 4.99 Å². The Morgan fingerprint density at radius 1 is 1.20 bits per heavy atom. The third-order valence-electron chi connectivity index (χ3n) is 4.46. The van der Waals surface area contributed by atoms with E-state index in [0.29, 0.717) is 18.5 Å². The summed E-state index contributed by atoms with van der Waals surface area (Å²) in [7, 11) is 1.80. The third kappa shape index (κ3) is 5.73. The van der Waals surface area contributed by atoms with Crippen LogP contribution in [0.15, 0.2) is 39.9 Å². The molecule has 0 atom stereocenters. The zero-order valence-electron chi connectivity index (χ0n) is 14.9. The minimum Gasteiger partial charge on any atom is -0.444 e. The Bertz CT molecular complexity index is 675. The molecule has 1 aliphatic rings. The molecule has 1 aromatic carbocycles. The number of guanidine groups is 1. The number of benzene rings is 1. The molecule has 0 spiro atoms. The molecule has 0 aliphatic heterocycles. The molecule has 5 nitrogen and oxygen atoms in total. The van der Waals surface area contributed by atoms with Crippen LogP contribution in [0.4, 0.5) is 0 Å². The molecule has 1 aliphatic carbocycles. The van der Waals surface area contributed by atoms with Gasteiger partial charge in [-0.2, -0.15) is 0 Å². The molecular weight excluding hydrogens is 427 g/mol. The Labute approximate surface area is 166 Å². The van der Waals surface area contributed by atoms with Crippen molar-refractivity contribution in [2.24, 2.45) is 4.99 Å². The summed E-state index contributed by atoms with van der Waals surface area (Å²) in [5.41, 5.74) is 3.10. The van der Waals surface area contributed by atoms with E-state index >= 15 is 0 Å². The van der Waals surface area contributed by atoms with Gasteiger partial charge in [-0.25, -0.2) is 4.98 Å². The molecule has 0 saturated heterocycles. The zero-order chi connectivity index (χ0) is 16.8. The van der Waals surface area contributed by atoms with Crippen molar-refractivity contribution in [3.8, 4) is 11.5 Å². The van der Waals surface area contributed by atoms with Crippen LogP contribution >= 0.6 is 24.0 Å². The van der Waals surface area contributed by atoms with Gasteiger partial charge in [0.2, 0.25) is 5.89 Å². The van der Waals surface area contributed by atoms with Crippen molar-refractivity contribution in [2.45, 2.75) is 51.6 Å². The van der Waals surface area contributed by atoms with Crippen molar-refractivity contribution in [2.75, 3.05) is 7.05 Å². The third-order valence-corrected chi connectivity index (χ3v) is 4.46. The van der Waals surface area contributed by atoms with E-state index in [-0.39, 0.29) is 24.0 Å². The van der Waals surface area contributed by atoms with E-state index in [0.717, 1.165) is 17.2 Å². The smallest absolute Gasteiger partial charge is 0.226 e. The van der Waals surface area contributed by atoms with Crippen molar-refractivity contribution in [3.05, 3.63) is 41.8 Å². The number of aliphatic imine (C=N–C) groups is 1. The molecule has 0 bridgehead atoms. The van der Waals surface area contributed by atoms with Gasteiger partial charge in [-0.05, 0) is 31.9 Å². The quantitative estimate of drug-likeness (QED) is 0.412. The maximum Gasteiger partial charge on any atom is 0.226 e. The van der Waals surface area contributed by atoms with Crippen molar-refractivity contribution < 1.29 is 4.42 Å². The van der Waals surface area contributed by atoms with Crippen molar-refractivity contribution >= 4 is 29.9 Å². The normalized spacial score (nSPS) is 15.5. The fourth-order valence-corrected chi connectivity index (χ4v) is 3.03. The lowest BCUT2D eigenvalue weighted by Crippen LogP contribution is -2.43. The van der Waals surface area contributed by atoms with Crippen molar-refractivity contribution in [1.29, 1.82) is 0 Å². The summed E-state index contributed by atoms with van der Waals surface area (Å²) in [6, 6.07) is 8.72. The molecule has 0 radical (unpaired) electrons. The van der Waals surface area contributed by atoms with Gasteiger partial charge in [0.25, 0.3) is 0 Å². The maximum atomic E-state index is 5.60.